The number of benzene rings is 1. The molecule has 0 heterocycles. The van der Waals surface area contributed by atoms with Crippen molar-refractivity contribution < 1.29 is 22.7 Å². The molecule has 0 N–H and O–H groups in total. The first-order valence-corrected chi connectivity index (χ1v) is 8.09. The Morgan fingerprint density at radius 2 is 1.91 bits per heavy atom. The molecule has 1 aromatic rings. The molecule has 0 saturated heterocycles. The monoisotopic (exact) mass is 328 g/mol. The lowest BCUT2D eigenvalue weighted by Crippen LogP contribution is -2.47. The molecule has 0 bridgehead atoms. The lowest BCUT2D eigenvalue weighted by Gasteiger charge is -2.41. The van der Waals surface area contributed by atoms with Gasteiger partial charge in [-0.3, -0.25) is 4.79 Å². The third kappa shape index (κ3) is 2.98. The molecule has 0 aromatic heterocycles. The molecular weight excluding hydrogens is 305 g/mol. The van der Waals surface area contributed by atoms with Gasteiger partial charge in [0.15, 0.2) is 5.41 Å². The second kappa shape index (κ2) is 6.17. The van der Waals surface area contributed by atoms with Crippen LogP contribution in [0.25, 0.3) is 0 Å². The molecule has 1 aliphatic rings. The van der Waals surface area contributed by atoms with Crippen LogP contribution in [0.15, 0.2) is 24.3 Å². The summed E-state index contributed by atoms with van der Waals surface area (Å²) < 4.78 is 45.6. The molecule has 1 aliphatic carbocycles. The van der Waals surface area contributed by atoms with E-state index in [9.17, 15) is 18.0 Å². The molecule has 1 aromatic carbocycles. The summed E-state index contributed by atoms with van der Waals surface area (Å²) in [5, 5.41) is 0. The van der Waals surface area contributed by atoms with E-state index in [0.717, 1.165) is 30.9 Å². The third-order valence-electron chi connectivity index (χ3n) is 5.18. The number of alkyl halides is 3. The molecule has 0 radical (unpaired) electrons. The van der Waals surface area contributed by atoms with Crippen LogP contribution >= 0.6 is 0 Å². The topological polar surface area (TPSA) is 26.3 Å². The molecular formula is C18H23F3O2. The minimum atomic E-state index is -4.62. The molecule has 23 heavy (non-hydrogen) atoms. The van der Waals surface area contributed by atoms with Gasteiger partial charge in [0.25, 0.3) is 0 Å². The van der Waals surface area contributed by atoms with Gasteiger partial charge in [-0.15, -0.1) is 0 Å². The maximum Gasteiger partial charge on any atom is 0.404 e. The van der Waals surface area contributed by atoms with Crippen LogP contribution in [-0.2, 0) is 21.6 Å². The van der Waals surface area contributed by atoms with Crippen molar-refractivity contribution >= 4 is 5.97 Å². The lowest BCUT2D eigenvalue weighted by molar-refractivity contribution is -0.240. The van der Waals surface area contributed by atoms with Crippen LogP contribution < -0.4 is 0 Å². The van der Waals surface area contributed by atoms with E-state index in [1.165, 1.54) is 6.92 Å². The molecule has 0 spiro atoms. The number of aryl methyl sites for hydroxylation is 1. The molecule has 2 atom stereocenters. The maximum atomic E-state index is 13.3. The Labute approximate surface area is 135 Å². The molecule has 128 valence electrons. The van der Waals surface area contributed by atoms with E-state index >= 15 is 0 Å². The smallest absolute Gasteiger partial charge is 0.404 e. The summed E-state index contributed by atoms with van der Waals surface area (Å²) in [5.41, 5.74) is -1.52. The number of hydrogen-bond acceptors (Lipinski definition) is 2. The van der Waals surface area contributed by atoms with Crippen molar-refractivity contribution in [1.82, 2.24) is 0 Å². The largest absolute Gasteiger partial charge is 0.454 e. The molecule has 0 aliphatic heterocycles. The van der Waals surface area contributed by atoms with E-state index in [2.05, 4.69) is 0 Å². The van der Waals surface area contributed by atoms with Gasteiger partial charge < -0.3 is 4.74 Å². The predicted molar refractivity (Wildman–Crippen MR) is 81.9 cm³/mol. The van der Waals surface area contributed by atoms with Crippen LogP contribution in [-0.4, -0.2) is 12.1 Å². The van der Waals surface area contributed by atoms with Crippen LogP contribution in [0, 0.1) is 5.41 Å². The van der Waals surface area contributed by atoms with Crippen molar-refractivity contribution in [3.63, 3.8) is 0 Å². The normalized spacial score (nSPS) is 23.7. The number of fused-ring (bicyclic) bond motifs is 1. The van der Waals surface area contributed by atoms with Gasteiger partial charge in [-0.25, -0.2) is 0 Å². The lowest BCUT2D eigenvalue weighted by atomic mass is 9.77. The molecule has 0 amide bonds. The van der Waals surface area contributed by atoms with Gasteiger partial charge in [0, 0.05) is 0 Å². The van der Waals surface area contributed by atoms with Gasteiger partial charge in [0.05, 0.1) is 0 Å². The quantitative estimate of drug-likeness (QED) is 0.715. The first kappa shape index (κ1) is 17.8. The summed E-state index contributed by atoms with van der Waals surface area (Å²) >= 11 is 0. The van der Waals surface area contributed by atoms with Gasteiger partial charge >= 0.3 is 12.1 Å². The number of hydrogen-bond donors (Lipinski definition) is 0. The SMILES string of the molecule is CCC1(OC(=O)C(C)(CC)C(F)(F)F)CCCc2ccccc21. The molecule has 2 unspecified atom stereocenters. The second-order valence-corrected chi connectivity index (χ2v) is 6.43. The predicted octanol–water partition coefficient (Wildman–Crippen LogP) is 5.15. The first-order valence-electron chi connectivity index (χ1n) is 8.09. The second-order valence-electron chi connectivity index (χ2n) is 6.43. The fourth-order valence-corrected chi connectivity index (χ4v) is 3.18. The molecule has 2 rings (SSSR count). The van der Waals surface area contributed by atoms with E-state index in [-0.39, 0.29) is 6.42 Å². The van der Waals surface area contributed by atoms with E-state index in [4.69, 9.17) is 4.74 Å². The molecule has 0 fully saturated rings. The fourth-order valence-electron chi connectivity index (χ4n) is 3.18. The van der Waals surface area contributed by atoms with E-state index in [1.807, 2.05) is 31.2 Å². The Balaban J connectivity index is 2.39. The van der Waals surface area contributed by atoms with Crippen molar-refractivity contribution in [2.24, 2.45) is 5.41 Å². The minimum absolute atomic E-state index is 0.337. The zero-order chi connectivity index (χ0) is 17.3. The Morgan fingerprint density at radius 3 is 2.48 bits per heavy atom. The number of rotatable bonds is 4. The van der Waals surface area contributed by atoms with E-state index < -0.39 is 23.2 Å². The summed E-state index contributed by atoms with van der Waals surface area (Å²) in [7, 11) is 0. The van der Waals surface area contributed by atoms with Gasteiger partial charge in [-0.1, -0.05) is 38.1 Å². The van der Waals surface area contributed by atoms with Gasteiger partial charge in [-0.2, -0.15) is 13.2 Å². The highest BCUT2D eigenvalue weighted by Crippen LogP contribution is 2.46. The number of carbonyl (C=O) groups excluding carboxylic acids is 1. The van der Waals surface area contributed by atoms with E-state index in [0.29, 0.717) is 12.8 Å². The highest BCUT2D eigenvalue weighted by molar-refractivity contribution is 5.78. The van der Waals surface area contributed by atoms with Crippen LogP contribution in [0.4, 0.5) is 13.2 Å². The highest BCUT2D eigenvalue weighted by Gasteiger charge is 2.58. The van der Waals surface area contributed by atoms with Gasteiger partial charge in [0.2, 0.25) is 0 Å². The molecule has 0 saturated carbocycles. The van der Waals surface area contributed by atoms with Crippen LogP contribution in [0.5, 0.6) is 0 Å². The van der Waals surface area contributed by atoms with E-state index in [1.54, 1.807) is 0 Å². The van der Waals surface area contributed by atoms with Gasteiger partial charge in [0.1, 0.15) is 5.60 Å². The summed E-state index contributed by atoms with van der Waals surface area (Å²) in [6, 6.07) is 7.56. The molecule has 5 heteroatoms. The average Bonchev–Trinajstić information content (AvgIpc) is 2.53. The van der Waals surface area contributed by atoms with Crippen molar-refractivity contribution in [3.8, 4) is 0 Å². The zero-order valence-electron chi connectivity index (χ0n) is 13.8. The first-order chi connectivity index (χ1) is 10.7. The highest BCUT2D eigenvalue weighted by atomic mass is 19.4. The Hall–Kier alpha value is -1.52. The number of ether oxygens (including phenoxy) is 1. The Morgan fingerprint density at radius 1 is 1.26 bits per heavy atom. The molecule has 2 nitrogen and oxygen atoms in total. The van der Waals surface area contributed by atoms with Crippen molar-refractivity contribution in [2.45, 2.75) is 64.7 Å². The van der Waals surface area contributed by atoms with Crippen LogP contribution in [0.2, 0.25) is 0 Å². The average molecular weight is 328 g/mol. The fraction of sp³-hybridized carbons (Fsp3) is 0.611. The summed E-state index contributed by atoms with van der Waals surface area (Å²) in [6.45, 7) is 4.14. The van der Waals surface area contributed by atoms with Crippen LogP contribution in [0.3, 0.4) is 0 Å². The van der Waals surface area contributed by atoms with Crippen molar-refractivity contribution in [1.29, 1.82) is 0 Å². The summed E-state index contributed by atoms with van der Waals surface area (Å²) in [4.78, 5) is 12.4. The Kier molecular flexibility index (Phi) is 4.79. The van der Waals surface area contributed by atoms with Crippen molar-refractivity contribution in [2.75, 3.05) is 0 Å². The van der Waals surface area contributed by atoms with Crippen LogP contribution in [0.1, 0.15) is 57.6 Å². The zero-order valence-corrected chi connectivity index (χ0v) is 13.8. The Bertz CT molecular complexity index is 582. The third-order valence-corrected chi connectivity index (χ3v) is 5.18. The number of carbonyl (C=O) groups is 1. The number of esters is 1. The maximum absolute atomic E-state index is 13.3. The van der Waals surface area contributed by atoms with Crippen molar-refractivity contribution in [3.05, 3.63) is 35.4 Å². The summed E-state index contributed by atoms with van der Waals surface area (Å²) in [5.74, 6) is -1.17. The summed E-state index contributed by atoms with van der Waals surface area (Å²) in [6.07, 6.45) is -2.27. The van der Waals surface area contributed by atoms with Gasteiger partial charge in [-0.05, 0) is 50.2 Å². The minimum Gasteiger partial charge on any atom is -0.454 e. The number of halogens is 3. The standard InChI is InChI=1S/C18H23F3O2/c1-4-16(3,18(19,20)21)15(22)23-17(5-2)12-8-10-13-9-6-7-11-14(13)17/h6-7,9,11H,4-5,8,10,12H2,1-3H3.